The third kappa shape index (κ3) is 5.05. The van der Waals surface area contributed by atoms with Crippen molar-refractivity contribution in [3.63, 3.8) is 0 Å². The largest absolute Gasteiger partial charge is 0.490 e. The number of alkyl halides is 3. The molecule has 1 N–H and O–H groups in total. The van der Waals surface area contributed by atoms with Crippen LogP contribution in [-0.4, -0.2) is 26.7 Å². The minimum atomic E-state index is -4.65. The highest BCUT2D eigenvalue weighted by Gasteiger charge is 2.38. The Balaban J connectivity index is 1.68. The lowest BCUT2D eigenvalue weighted by Crippen LogP contribution is -2.45. The van der Waals surface area contributed by atoms with Crippen LogP contribution < -0.4 is 14.9 Å². The summed E-state index contributed by atoms with van der Waals surface area (Å²) in [7, 11) is -3.73. The number of sulfonamides is 1. The number of carbonyl (C=O) groups excluding carboxylic acids is 1. The van der Waals surface area contributed by atoms with Crippen LogP contribution in [0.5, 0.6) is 5.75 Å². The number of hydrogen-bond donors (Lipinski definition) is 1. The van der Waals surface area contributed by atoms with Gasteiger partial charge in [0, 0.05) is 12.0 Å². The second-order valence-electron chi connectivity index (χ2n) is 7.95. The van der Waals surface area contributed by atoms with Gasteiger partial charge in [0.1, 0.15) is 17.6 Å². The number of rotatable bonds is 5. The first-order chi connectivity index (χ1) is 15.8. The maximum Gasteiger partial charge on any atom is 0.416 e. The molecule has 12 heteroatoms. The van der Waals surface area contributed by atoms with Crippen molar-refractivity contribution in [2.75, 3.05) is 6.26 Å². The van der Waals surface area contributed by atoms with Gasteiger partial charge in [-0.3, -0.25) is 14.3 Å². The smallest absolute Gasteiger partial charge is 0.416 e. The van der Waals surface area contributed by atoms with E-state index < -0.39 is 45.1 Å². The molecule has 0 bridgehead atoms. The van der Waals surface area contributed by atoms with E-state index in [1.165, 1.54) is 12.1 Å². The molecular weight excluding hydrogens is 499 g/mol. The number of hydrogen-bond acceptors (Lipinski definition) is 6. The Hall–Kier alpha value is -3.05. The molecule has 3 aromatic rings. The molecule has 1 heterocycles. The Morgan fingerprint density at radius 1 is 1.18 bits per heavy atom. The van der Waals surface area contributed by atoms with Crippen molar-refractivity contribution in [3.8, 4) is 17.1 Å². The van der Waals surface area contributed by atoms with Gasteiger partial charge < -0.3 is 9.15 Å². The molecular formula is C22H17ClF3NO6S. The molecule has 7 nitrogen and oxygen atoms in total. The maximum atomic E-state index is 13.3. The second-order valence-corrected chi connectivity index (χ2v) is 10.1. The van der Waals surface area contributed by atoms with E-state index in [0.717, 1.165) is 30.5 Å². The van der Waals surface area contributed by atoms with Crippen LogP contribution in [0.4, 0.5) is 13.2 Å². The zero-order valence-electron chi connectivity index (χ0n) is 17.5. The number of fused-ring (bicyclic) bond motifs is 1. The lowest BCUT2D eigenvalue weighted by molar-refractivity contribution is -0.137. The number of carbonyl (C=O) groups is 1. The molecule has 2 aromatic carbocycles. The van der Waals surface area contributed by atoms with Crippen LogP contribution in [0.1, 0.15) is 18.4 Å². The van der Waals surface area contributed by atoms with Gasteiger partial charge >= 0.3 is 6.18 Å². The summed E-state index contributed by atoms with van der Waals surface area (Å²) in [4.78, 5) is 24.5. The molecule has 1 fully saturated rings. The minimum Gasteiger partial charge on any atom is -0.490 e. The summed E-state index contributed by atoms with van der Waals surface area (Å²) in [5.74, 6) is -1.61. The van der Waals surface area contributed by atoms with Crippen LogP contribution in [-0.2, 0) is 21.0 Å². The molecule has 1 aromatic heterocycles. The van der Waals surface area contributed by atoms with Crippen molar-refractivity contribution in [1.29, 1.82) is 0 Å². The summed E-state index contributed by atoms with van der Waals surface area (Å²) in [6, 6.07) is 8.48. The Morgan fingerprint density at radius 3 is 2.53 bits per heavy atom. The van der Waals surface area contributed by atoms with Crippen molar-refractivity contribution >= 4 is 38.5 Å². The quantitative estimate of drug-likeness (QED) is 0.541. The number of nitrogens with one attached hydrogen (secondary N) is 1. The Morgan fingerprint density at radius 2 is 1.88 bits per heavy atom. The fraction of sp³-hybridized carbons (Fsp3) is 0.273. The highest BCUT2D eigenvalue weighted by molar-refractivity contribution is 7.89. The van der Waals surface area contributed by atoms with Gasteiger partial charge in [0.15, 0.2) is 11.0 Å². The standard InChI is InChI=1S/C22H17ClF3NO6S/c1-34(30,31)27-21(29)11-7-13(8-11)32-18-9-12(22(24,25)26)5-6-15(18)19-10-17(28)14-3-2-4-16(23)20(14)33-19/h2-6,9-11,13H,7-8H2,1H3,(H,27,29)/t11-,13-. The molecule has 0 atom stereocenters. The Labute approximate surface area is 196 Å². The average molecular weight is 516 g/mol. The van der Waals surface area contributed by atoms with Crippen LogP contribution in [0, 0.1) is 5.92 Å². The van der Waals surface area contributed by atoms with Crippen LogP contribution in [0.15, 0.2) is 51.7 Å². The molecule has 34 heavy (non-hydrogen) atoms. The van der Waals surface area contributed by atoms with E-state index >= 15 is 0 Å². The fourth-order valence-electron chi connectivity index (χ4n) is 3.60. The summed E-state index contributed by atoms with van der Waals surface area (Å²) >= 11 is 6.13. The maximum absolute atomic E-state index is 13.3. The van der Waals surface area contributed by atoms with Gasteiger partial charge in [-0.15, -0.1) is 0 Å². The number of para-hydroxylation sites is 1. The molecule has 0 aliphatic heterocycles. The van der Waals surface area contributed by atoms with Gasteiger partial charge in [-0.05, 0) is 43.2 Å². The third-order valence-electron chi connectivity index (χ3n) is 5.33. The zero-order valence-corrected chi connectivity index (χ0v) is 19.1. The predicted octanol–water partition coefficient (Wildman–Crippen LogP) is 4.37. The van der Waals surface area contributed by atoms with Gasteiger partial charge in [-0.2, -0.15) is 13.2 Å². The summed E-state index contributed by atoms with van der Waals surface area (Å²) in [5, 5.41) is 0.369. The van der Waals surface area contributed by atoms with E-state index in [1.54, 1.807) is 6.07 Å². The van der Waals surface area contributed by atoms with E-state index in [4.69, 9.17) is 20.8 Å². The van der Waals surface area contributed by atoms with Gasteiger partial charge in [-0.25, -0.2) is 8.42 Å². The lowest BCUT2D eigenvalue weighted by Gasteiger charge is -2.34. The van der Waals surface area contributed by atoms with Gasteiger partial charge in [0.2, 0.25) is 15.9 Å². The van der Waals surface area contributed by atoms with E-state index in [-0.39, 0.29) is 45.9 Å². The van der Waals surface area contributed by atoms with Crippen LogP contribution in [0.2, 0.25) is 5.02 Å². The summed E-state index contributed by atoms with van der Waals surface area (Å²) < 4.78 is 75.8. The van der Waals surface area contributed by atoms with Crippen molar-refractivity contribution in [1.82, 2.24) is 4.72 Å². The monoisotopic (exact) mass is 515 g/mol. The normalized spacial score (nSPS) is 18.4. The molecule has 180 valence electrons. The molecule has 0 saturated heterocycles. The van der Waals surface area contributed by atoms with E-state index in [9.17, 15) is 31.2 Å². The molecule has 1 aliphatic carbocycles. The minimum absolute atomic E-state index is 0.0417. The van der Waals surface area contributed by atoms with E-state index in [2.05, 4.69) is 0 Å². The third-order valence-corrected chi connectivity index (χ3v) is 6.20. The van der Waals surface area contributed by atoms with Gasteiger partial charge in [-0.1, -0.05) is 17.7 Å². The molecule has 4 rings (SSSR count). The topological polar surface area (TPSA) is 103 Å². The van der Waals surface area contributed by atoms with Crippen LogP contribution >= 0.6 is 11.6 Å². The molecule has 1 amide bonds. The highest BCUT2D eigenvalue weighted by Crippen LogP contribution is 2.41. The van der Waals surface area contributed by atoms with Gasteiger partial charge in [0.25, 0.3) is 0 Å². The lowest BCUT2D eigenvalue weighted by atomic mass is 9.82. The first kappa shape index (κ1) is 24.1. The average Bonchev–Trinajstić information content (AvgIpc) is 2.68. The Kier molecular flexibility index (Phi) is 6.11. The molecule has 0 radical (unpaired) electrons. The van der Waals surface area contributed by atoms with Crippen LogP contribution in [0.25, 0.3) is 22.3 Å². The first-order valence-corrected chi connectivity index (χ1v) is 12.2. The van der Waals surface area contributed by atoms with E-state index in [0.29, 0.717) is 0 Å². The van der Waals surface area contributed by atoms with Crippen molar-refractivity contribution < 1.29 is 35.5 Å². The zero-order chi connectivity index (χ0) is 24.8. The summed E-state index contributed by atoms with van der Waals surface area (Å²) in [6.07, 6.45) is -4.25. The van der Waals surface area contributed by atoms with E-state index in [1.807, 2.05) is 4.72 Å². The summed E-state index contributed by atoms with van der Waals surface area (Å²) in [5.41, 5.74) is -1.24. The number of amides is 1. The second kappa shape index (κ2) is 8.62. The highest BCUT2D eigenvalue weighted by atomic mass is 35.5. The first-order valence-electron chi connectivity index (χ1n) is 9.94. The number of ether oxygens (including phenoxy) is 1. The predicted molar refractivity (Wildman–Crippen MR) is 118 cm³/mol. The van der Waals surface area contributed by atoms with Crippen molar-refractivity contribution in [3.05, 3.63) is 63.3 Å². The van der Waals surface area contributed by atoms with Crippen molar-refractivity contribution in [2.24, 2.45) is 5.92 Å². The van der Waals surface area contributed by atoms with Crippen LogP contribution in [0.3, 0.4) is 0 Å². The molecule has 0 spiro atoms. The fourth-order valence-corrected chi connectivity index (χ4v) is 4.34. The molecule has 1 aliphatic rings. The number of benzene rings is 2. The van der Waals surface area contributed by atoms with Gasteiger partial charge in [0.05, 0.1) is 27.8 Å². The Bertz CT molecular complexity index is 1450. The molecule has 1 saturated carbocycles. The summed E-state index contributed by atoms with van der Waals surface area (Å²) in [6.45, 7) is 0. The molecule has 0 unspecified atom stereocenters. The number of halogens is 4. The SMILES string of the molecule is CS(=O)(=O)NC(=O)[C@H]1C[C@H](Oc2cc(C(F)(F)F)ccc2-c2cc(=O)c3cccc(Cl)c3o2)C1. The van der Waals surface area contributed by atoms with Crippen molar-refractivity contribution in [2.45, 2.75) is 25.1 Å².